The first-order valence-electron chi connectivity index (χ1n) is 6.13. The number of benzene rings is 1. The molecular formula is C13H14F7N. The van der Waals surface area contributed by atoms with Crippen molar-refractivity contribution in [3.8, 4) is 0 Å². The highest BCUT2D eigenvalue weighted by Crippen LogP contribution is 2.41. The summed E-state index contributed by atoms with van der Waals surface area (Å²) in [5.41, 5.74) is 1.29. The number of rotatable bonds is 3. The smallest absolute Gasteiger partial charge is 0.324 e. The summed E-state index contributed by atoms with van der Waals surface area (Å²) < 4.78 is 90.2. The van der Waals surface area contributed by atoms with E-state index in [9.17, 15) is 30.7 Å². The number of nitrogens with two attached hydrogens (primary N) is 1. The van der Waals surface area contributed by atoms with Crippen LogP contribution < -0.4 is 5.73 Å². The van der Waals surface area contributed by atoms with Crippen LogP contribution in [0.1, 0.15) is 43.0 Å². The molecule has 0 fully saturated rings. The lowest BCUT2D eigenvalue weighted by atomic mass is 9.88. The van der Waals surface area contributed by atoms with Gasteiger partial charge >= 0.3 is 12.4 Å². The van der Waals surface area contributed by atoms with Gasteiger partial charge in [-0.05, 0) is 18.1 Å². The first-order valence-corrected chi connectivity index (χ1v) is 6.13. The second kappa shape index (κ2) is 5.82. The van der Waals surface area contributed by atoms with Crippen LogP contribution in [-0.4, -0.2) is 0 Å². The van der Waals surface area contributed by atoms with Crippen LogP contribution in [0.25, 0.3) is 0 Å². The first kappa shape index (κ1) is 17.7. The average Bonchev–Trinajstić information content (AvgIpc) is 2.33. The van der Waals surface area contributed by atoms with Gasteiger partial charge in [0, 0.05) is 11.6 Å². The van der Waals surface area contributed by atoms with Crippen molar-refractivity contribution in [1.82, 2.24) is 0 Å². The van der Waals surface area contributed by atoms with Crippen molar-refractivity contribution in [1.29, 1.82) is 0 Å². The van der Waals surface area contributed by atoms with Crippen molar-refractivity contribution in [2.75, 3.05) is 0 Å². The molecule has 0 bridgehead atoms. The Balaban J connectivity index is 3.57. The molecule has 1 aromatic carbocycles. The lowest BCUT2D eigenvalue weighted by molar-refractivity contribution is -0.144. The molecule has 1 unspecified atom stereocenters. The van der Waals surface area contributed by atoms with Crippen LogP contribution in [0.3, 0.4) is 0 Å². The van der Waals surface area contributed by atoms with Crippen LogP contribution in [-0.2, 0) is 12.4 Å². The fourth-order valence-electron chi connectivity index (χ4n) is 1.89. The lowest BCUT2D eigenvalue weighted by Gasteiger charge is -2.24. The van der Waals surface area contributed by atoms with E-state index in [-0.39, 0.29) is 12.1 Å². The second-order valence-electron chi connectivity index (χ2n) is 4.83. The van der Waals surface area contributed by atoms with E-state index in [1.54, 1.807) is 6.92 Å². The third-order valence-corrected chi connectivity index (χ3v) is 3.35. The molecule has 0 aromatic heterocycles. The van der Waals surface area contributed by atoms with E-state index in [0.717, 1.165) is 0 Å². The van der Waals surface area contributed by atoms with Crippen molar-refractivity contribution in [2.24, 2.45) is 11.7 Å². The molecule has 0 aliphatic rings. The highest BCUT2D eigenvalue weighted by Gasteiger charge is 2.41. The quantitative estimate of drug-likeness (QED) is 0.788. The summed E-state index contributed by atoms with van der Waals surface area (Å²) in [6.45, 7) is 3.14. The summed E-state index contributed by atoms with van der Waals surface area (Å²) in [4.78, 5) is 0. The second-order valence-corrected chi connectivity index (χ2v) is 4.83. The third kappa shape index (κ3) is 3.87. The molecule has 0 radical (unpaired) electrons. The Kier molecular flexibility index (Phi) is 4.92. The van der Waals surface area contributed by atoms with Crippen molar-refractivity contribution in [2.45, 2.75) is 38.7 Å². The Morgan fingerprint density at radius 2 is 1.57 bits per heavy atom. The van der Waals surface area contributed by atoms with E-state index < -0.39 is 46.8 Å². The minimum absolute atomic E-state index is 0.0484. The first-order chi connectivity index (χ1) is 9.39. The molecule has 0 saturated heterocycles. The van der Waals surface area contributed by atoms with Gasteiger partial charge in [0.25, 0.3) is 0 Å². The van der Waals surface area contributed by atoms with Gasteiger partial charge in [-0.15, -0.1) is 0 Å². The van der Waals surface area contributed by atoms with Gasteiger partial charge in [-0.2, -0.15) is 26.3 Å². The molecule has 0 saturated carbocycles. The monoisotopic (exact) mass is 317 g/mol. The van der Waals surface area contributed by atoms with Gasteiger partial charge in [-0.25, -0.2) is 4.39 Å². The Bertz CT molecular complexity index is 504. The summed E-state index contributed by atoms with van der Waals surface area (Å²) >= 11 is 0. The van der Waals surface area contributed by atoms with Gasteiger partial charge < -0.3 is 5.73 Å². The number of alkyl halides is 6. The van der Waals surface area contributed by atoms with Crippen LogP contribution in [0.2, 0.25) is 0 Å². The van der Waals surface area contributed by atoms with E-state index in [2.05, 4.69) is 0 Å². The highest BCUT2D eigenvalue weighted by atomic mass is 19.4. The van der Waals surface area contributed by atoms with Gasteiger partial charge in [0.15, 0.2) is 0 Å². The topological polar surface area (TPSA) is 26.0 Å². The van der Waals surface area contributed by atoms with E-state index in [4.69, 9.17) is 5.73 Å². The maximum atomic E-state index is 13.8. The summed E-state index contributed by atoms with van der Waals surface area (Å²) in [5, 5.41) is 0. The SMILES string of the molecule is CCC(C)[C@@H](N)c1c(F)cc(C(F)(F)F)cc1C(F)(F)F. The molecule has 1 rings (SSSR count). The third-order valence-electron chi connectivity index (χ3n) is 3.35. The zero-order chi connectivity index (χ0) is 16.6. The fourth-order valence-corrected chi connectivity index (χ4v) is 1.89. The van der Waals surface area contributed by atoms with Crippen molar-refractivity contribution in [3.05, 3.63) is 34.6 Å². The van der Waals surface area contributed by atoms with Crippen molar-refractivity contribution < 1.29 is 30.7 Å². The van der Waals surface area contributed by atoms with Crippen LogP contribution in [0, 0.1) is 11.7 Å². The van der Waals surface area contributed by atoms with Crippen LogP contribution in [0.5, 0.6) is 0 Å². The molecule has 120 valence electrons. The normalized spacial score (nSPS) is 15.9. The van der Waals surface area contributed by atoms with E-state index >= 15 is 0 Å². The summed E-state index contributed by atoms with van der Waals surface area (Å²) in [7, 11) is 0. The molecule has 1 nitrogen and oxygen atoms in total. The molecule has 2 atom stereocenters. The molecule has 0 aliphatic heterocycles. The van der Waals surface area contributed by atoms with E-state index in [1.165, 1.54) is 6.92 Å². The summed E-state index contributed by atoms with van der Waals surface area (Å²) in [5.74, 6) is -2.11. The van der Waals surface area contributed by atoms with Gasteiger partial charge in [0.05, 0.1) is 11.1 Å². The molecule has 0 amide bonds. The fraction of sp³-hybridized carbons (Fsp3) is 0.538. The van der Waals surface area contributed by atoms with Crippen LogP contribution >= 0.6 is 0 Å². The van der Waals surface area contributed by atoms with Gasteiger partial charge in [0.1, 0.15) is 5.82 Å². The van der Waals surface area contributed by atoms with Crippen molar-refractivity contribution >= 4 is 0 Å². The number of hydrogen-bond donors (Lipinski definition) is 1. The van der Waals surface area contributed by atoms with Crippen molar-refractivity contribution in [3.63, 3.8) is 0 Å². The molecule has 1 aromatic rings. The predicted molar refractivity (Wildman–Crippen MR) is 62.8 cm³/mol. The molecule has 0 heterocycles. The lowest BCUT2D eigenvalue weighted by Crippen LogP contribution is -2.25. The summed E-state index contributed by atoms with van der Waals surface area (Å²) in [6.07, 6.45) is -9.83. The molecule has 0 aliphatic carbocycles. The number of halogens is 7. The van der Waals surface area contributed by atoms with Crippen LogP contribution in [0.4, 0.5) is 30.7 Å². The molecule has 21 heavy (non-hydrogen) atoms. The molecular weight excluding hydrogens is 303 g/mol. The van der Waals surface area contributed by atoms with E-state index in [0.29, 0.717) is 6.42 Å². The minimum atomic E-state index is -5.12. The average molecular weight is 317 g/mol. The molecule has 0 spiro atoms. The molecule has 2 N–H and O–H groups in total. The predicted octanol–water partition coefficient (Wildman–Crippen LogP) is 4.91. The Hall–Kier alpha value is -1.31. The van der Waals surface area contributed by atoms with Gasteiger partial charge in [0.2, 0.25) is 0 Å². The largest absolute Gasteiger partial charge is 0.416 e. The zero-order valence-corrected chi connectivity index (χ0v) is 11.2. The maximum Gasteiger partial charge on any atom is 0.416 e. The highest BCUT2D eigenvalue weighted by molar-refractivity contribution is 5.39. The van der Waals surface area contributed by atoms with Gasteiger partial charge in [-0.3, -0.25) is 0 Å². The standard InChI is InChI=1S/C13H14F7N/c1-3-6(2)11(21)10-8(13(18,19)20)4-7(5-9(10)14)12(15,16)17/h4-6,11H,3,21H2,1-2H3/t6?,11-/m1/s1. The van der Waals surface area contributed by atoms with E-state index in [1.807, 2.05) is 0 Å². The Labute approximate surface area is 116 Å². The molecule has 8 heteroatoms. The zero-order valence-electron chi connectivity index (χ0n) is 11.2. The number of hydrogen-bond acceptors (Lipinski definition) is 1. The Morgan fingerprint density at radius 3 is 1.95 bits per heavy atom. The van der Waals surface area contributed by atoms with Gasteiger partial charge in [-0.1, -0.05) is 20.3 Å². The maximum absolute atomic E-state index is 13.8. The summed E-state index contributed by atoms with van der Waals surface area (Å²) in [6, 6.07) is -1.39. The minimum Gasteiger partial charge on any atom is -0.324 e. The van der Waals surface area contributed by atoms with Crippen LogP contribution in [0.15, 0.2) is 12.1 Å². The Morgan fingerprint density at radius 1 is 1.05 bits per heavy atom.